The predicted molar refractivity (Wildman–Crippen MR) is 102 cm³/mol. The average Bonchev–Trinajstić information content (AvgIpc) is 3.05. The standard InChI is InChI=1S/C17H10BrClN2O3S/c18-12-6-5-9(7-13(12)19)14-8-25-17(20-14)21-15(22)10-3-1-2-4-11(10)16(23)24/h1-8H,(H,23,24)(H,20,21,22). The van der Waals surface area contributed by atoms with Gasteiger partial charge in [-0.25, -0.2) is 9.78 Å². The number of nitrogens with one attached hydrogen (secondary N) is 1. The monoisotopic (exact) mass is 436 g/mol. The van der Waals surface area contributed by atoms with E-state index >= 15 is 0 Å². The number of hydrogen-bond acceptors (Lipinski definition) is 4. The molecule has 1 amide bonds. The molecule has 0 bridgehead atoms. The molecule has 0 radical (unpaired) electrons. The number of aromatic nitrogens is 1. The first-order valence-electron chi connectivity index (χ1n) is 7.00. The fourth-order valence-electron chi connectivity index (χ4n) is 2.15. The molecule has 126 valence electrons. The summed E-state index contributed by atoms with van der Waals surface area (Å²) in [7, 11) is 0. The minimum Gasteiger partial charge on any atom is -0.478 e. The third kappa shape index (κ3) is 3.89. The van der Waals surface area contributed by atoms with Crippen LogP contribution in [0, 0.1) is 0 Å². The maximum Gasteiger partial charge on any atom is 0.336 e. The number of aromatic carboxylic acids is 1. The lowest BCUT2D eigenvalue weighted by molar-refractivity contribution is 0.0692. The maximum atomic E-state index is 12.3. The number of carbonyl (C=O) groups is 2. The number of anilines is 1. The SMILES string of the molecule is O=C(O)c1ccccc1C(=O)Nc1nc(-c2ccc(Br)c(Cl)c2)cs1. The molecule has 0 spiro atoms. The second kappa shape index (κ2) is 7.35. The number of amides is 1. The number of carboxylic acid groups (broad SMARTS) is 1. The van der Waals surface area contributed by atoms with Crippen LogP contribution in [0.4, 0.5) is 5.13 Å². The topological polar surface area (TPSA) is 79.3 Å². The number of halogens is 2. The normalized spacial score (nSPS) is 10.5. The first-order chi connectivity index (χ1) is 12.0. The van der Waals surface area contributed by atoms with E-state index in [0.29, 0.717) is 15.8 Å². The summed E-state index contributed by atoms with van der Waals surface area (Å²) in [5.74, 6) is -1.68. The summed E-state index contributed by atoms with van der Waals surface area (Å²) in [5, 5.41) is 14.5. The molecule has 3 aromatic rings. The molecule has 2 aromatic carbocycles. The van der Waals surface area contributed by atoms with E-state index in [2.05, 4.69) is 26.2 Å². The molecule has 2 N–H and O–H groups in total. The molecule has 1 aromatic heterocycles. The Morgan fingerprint density at radius 1 is 1.16 bits per heavy atom. The van der Waals surface area contributed by atoms with E-state index in [1.807, 2.05) is 12.1 Å². The third-order valence-corrected chi connectivity index (χ3v) is 5.33. The molecular weight excluding hydrogens is 428 g/mol. The zero-order valence-corrected chi connectivity index (χ0v) is 15.7. The molecule has 0 aliphatic rings. The zero-order chi connectivity index (χ0) is 18.0. The largest absolute Gasteiger partial charge is 0.478 e. The van der Waals surface area contributed by atoms with Crippen LogP contribution in [0.1, 0.15) is 20.7 Å². The Morgan fingerprint density at radius 2 is 1.88 bits per heavy atom. The van der Waals surface area contributed by atoms with Crippen molar-refractivity contribution in [2.45, 2.75) is 0 Å². The number of nitrogens with zero attached hydrogens (tertiary/aromatic N) is 1. The maximum absolute atomic E-state index is 12.3. The zero-order valence-electron chi connectivity index (χ0n) is 12.5. The quantitative estimate of drug-likeness (QED) is 0.589. The Morgan fingerprint density at radius 3 is 2.56 bits per heavy atom. The molecule has 0 atom stereocenters. The lowest BCUT2D eigenvalue weighted by Crippen LogP contribution is -2.16. The van der Waals surface area contributed by atoms with E-state index in [9.17, 15) is 14.7 Å². The minimum atomic E-state index is -1.16. The highest BCUT2D eigenvalue weighted by atomic mass is 79.9. The van der Waals surface area contributed by atoms with Gasteiger partial charge in [-0.2, -0.15) is 0 Å². The van der Waals surface area contributed by atoms with Crippen molar-refractivity contribution >= 4 is 55.9 Å². The number of benzene rings is 2. The summed E-state index contributed by atoms with van der Waals surface area (Å²) in [5.41, 5.74) is 1.51. The van der Waals surface area contributed by atoms with Crippen LogP contribution < -0.4 is 5.32 Å². The molecule has 0 saturated heterocycles. The first kappa shape index (κ1) is 17.6. The molecule has 25 heavy (non-hydrogen) atoms. The second-order valence-electron chi connectivity index (χ2n) is 4.97. The fourth-order valence-corrected chi connectivity index (χ4v) is 3.29. The summed E-state index contributed by atoms with van der Waals surface area (Å²) in [4.78, 5) is 27.9. The van der Waals surface area contributed by atoms with Gasteiger partial charge in [0.1, 0.15) is 0 Å². The van der Waals surface area contributed by atoms with Crippen LogP contribution in [0.15, 0.2) is 52.3 Å². The van der Waals surface area contributed by atoms with E-state index in [4.69, 9.17) is 11.6 Å². The predicted octanol–water partition coefficient (Wildman–Crippen LogP) is 5.18. The minimum absolute atomic E-state index is 0.0588. The van der Waals surface area contributed by atoms with Gasteiger partial charge in [-0.3, -0.25) is 10.1 Å². The van der Waals surface area contributed by atoms with Gasteiger partial charge in [-0.05, 0) is 40.2 Å². The highest BCUT2D eigenvalue weighted by molar-refractivity contribution is 9.10. The van der Waals surface area contributed by atoms with Crippen LogP contribution in [-0.4, -0.2) is 22.0 Å². The number of carboxylic acids is 1. The molecular formula is C17H10BrClN2O3S. The van der Waals surface area contributed by atoms with Crippen molar-refractivity contribution in [1.82, 2.24) is 4.98 Å². The molecule has 0 fully saturated rings. The third-order valence-electron chi connectivity index (χ3n) is 3.34. The van der Waals surface area contributed by atoms with E-state index < -0.39 is 11.9 Å². The Labute approximate surface area is 160 Å². The summed E-state index contributed by atoms with van der Waals surface area (Å²) in [6.07, 6.45) is 0. The van der Waals surface area contributed by atoms with Gasteiger partial charge in [0.05, 0.1) is 21.8 Å². The number of carbonyl (C=O) groups excluding carboxylic acids is 1. The Kier molecular flexibility index (Phi) is 5.17. The second-order valence-corrected chi connectivity index (χ2v) is 7.09. The Hall–Kier alpha value is -2.22. The van der Waals surface area contributed by atoms with Gasteiger partial charge in [0.25, 0.3) is 5.91 Å². The van der Waals surface area contributed by atoms with Gasteiger partial charge >= 0.3 is 5.97 Å². The smallest absolute Gasteiger partial charge is 0.336 e. The Bertz CT molecular complexity index is 974. The van der Waals surface area contributed by atoms with E-state index in [1.165, 1.54) is 23.5 Å². The average molecular weight is 438 g/mol. The fraction of sp³-hybridized carbons (Fsp3) is 0. The van der Waals surface area contributed by atoms with Crippen molar-refractivity contribution in [3.8, 4) is 11.3 Å². The molecule has 3 rings (SSSR count). The van der Waals surface area contributed by atoms with Crippen molar-refractivity contribution in [3.63, 3.8) is 0 Å². The van der Waals surface area contributed by atoms with E-state index in [0.717, 1.165) is 10.0 Å². The molecule has 0 aliphatic carbocycles. The number of thiazole rings is 1. The van der Waals surface area contributed by atoms with Crippen LogP contribution in [0.3, 0.4) is 0 Å². The van der Waals surface area contributed by atoms with Gasteiger partial charge in [0.15, 0.2) is 5.13 Å². The van der Waals surface area contributed by atoms with E-state index in [1.54, 1.807) is 23.6 Å². The highest BCUT2D eigenvalue weighted by Crippen LogP contribution is 2.30. The van der Waals surface area contributed by atoms with Crippen LogP contribution >= 0.6 is 38.9 Å². The van der Waals surface area contributed by atoms with Crippen LogP contribution in [0.25, 0.3) is 11.3 Å². The van der Waals surface area contributed by atoms with Crippen LogP contribution in [0.2, 0.25) is 5.02 Å². The van der Waals surface area contributed by atoms with Crippen LogP contribution in [0.5, 0.6) is 0 Å². The lowest BCUT2D eigenvalue weighted by Gasteiger charge is -2.05. The summed E-state index contributed by atoms with van der Waals surface area (Å²) < 4.78 is 0.784. The highest BCUT2D eigenvalue weighted by Gasteiger charge is 2.17. The van der Waals surface area contributed by atoms with Crippen molar-refractivity contribution in [2.75, 3.05) is 5.32 Å². The molecule has 5 nitrogen and oxygen atoms in total. The summed E-state index contributed by atoms with van der Waals surface area (Å²) in [6.45, 7) is 0. The van der Waals surface area contributed by atoms with Crippen molar-refractivity contribution in [3.05, 3.63) is 68.5 Å². The molecule has 1 heterocycles. The van der Waals surface area contributed by atoms with Crippen molar-refractivity contribution < 1.29 is 14.7 Å². The molecule has 0 unspecified atom stereocenters. The van der Waals surface area contributed by atoms with Crippen molar-refractivity contribution in [2.24, 2.45) is 0 Å². The van der Waals surface area contributed by atoms with E-state index in [-0.39, 0.29) is 11.1 Å². The number of rotatable bonds is 4. The molecule has 0 aliphatic heterocycles. The summed E-state index contributed by atoms with van der Waals surface area (Å²) >= 11 is 10.7. The molecule has 0 saturated carbocycles. The lowest BCUT2D eigenvalue weighted by atomic mass is 10.1. The first-order valence-corrected chi connectivity index (χ1v) is 9.05. The van der Waals surface area contributed by atoms with Gasteiger partial charge < -0.3 is 5.11 Å². The summed E-state index contributed by atoms with van der Waals surface area (Å²) in [6, 6.07) is 11.5. The van der Waals surface area contributed by atoms with Gasteiger partial charge in [-0.15, -0.1) is 11.3 Å². The van der Waals surface area contributed by atoms with Crippen LogP contribution in [-0.2, 0) is 0 Å². The molecule has 8 heteroatoms. The van der Waals surface area contributed by atoms with Gasteiger partial charge in [0.2, 0.25) is 0 Å². The van der Waals surface area contributed by atoms with Gasteiger partial charge in [0, 0.05) is 15.4 Å². The van der Waals surface area contributed by atoms with Gasteiger partial charge in [-0.1, -0.05) is 29.8 Å². The van der Waals surface area contributed by atoms with Crippen molar-refractivity contribution in [1.29, 1.82) is 0 Å². The Balaban J connectivity index is 1.83. The number of hydrogen-bond donors (Lipinski definition) is 2.